The molecule has 8 heteroatoms. The Morgan fingerprint density at radius 1 is 0.942 bits per heavy atom. The van der Waals surface area contributed by atoms with E-state index in [1.165, 1.54) is 22.4 Å². The molecule has 3 fully saturated rings. The van der Waals surface area contributed by atoms with Crippen LogP contribution in [-0.2, 0) is 23.7 Å². The maximum atomic E-state index is 12.7. The molecule has 1 aliphatic carbocycles. The zero-order valence-corrected chi connectivity index (χ0v) is 33.2. The van der Waals surface area contributed by atoms with Gasteiger partial charge in [-0.3, -0.25) is 0 Å². The highest BCUT2D eigenvalue weighted by molar-refractivity contribution is 5.91. The summed E-state index contributed by atoms with van der Waals surface area (Å²) in [5, 5.41) is 23.7. The summed E-state index contributed by atoms with van der Waals surface area (Å²) in [5.41, 5.74) is 4.60. The van der Waals surface area contributed by atoms with E-state index in [-0.39, 0.29) is 35.4 Å². The van der Waals surface area contributed by atoms with Gasteiger partial charge in [-0.25, -0.2) is 9.79 Å². The van der Waals surface area contributed by atoms with Crippen molar-refractivity contribution in [2.45, 2.75) is 180 Å². The first kappa shape index (κ1) is 38.2. The molecule has 3 saturated heterocycles. The third kappa shape index (κ3) is 6.54. The SMILES string of the molecule is C=C1CCCC2=[NH+]CC(C)[C@@H](C)C[C@@]23CCC(C2(C)C=C(C)C(=O)O2)=C(C)[C@@H]3/C=C(\C)[C@@H](O)C[C@H]2OC3(CCC4(O[C@@H](CC[C@@]4(C)O)C1)O3)CC2C. The third-order valence-corrected chi connectivity index (χ3v) is 14.8. The van der Waals surface area contributed by atoms with Crippen molar-refractivity contribution in [1.82, 2.24) is 0 Å². The van der Waals surface area contributed by atoms with Crippen molar-refractivity contribution in [1.29, 1.82) is 0 Å². The Hall–Kier alpha value is -2.10. The highest BCUT2D eigenvalue weighted by Crippen LogP contribution is 2.57. The van der Waals surface area contributed by atoms with Crippen LogP contribution in [0.25, 0.3) is 0 Å². The van der Waals surface area contributed by atoms with Crippen molar-refractivity contribution in [2.75, 3.05) is 6.54 Å². The number of nitrogens with one attached hydrogen (secondary N) is 1. The first-order valence-electron chi connectivity index (χ1n) is 20.4. The molecule has 3 N–H and O–H groups in total. The Kier molecular flexibility index (Phi) is 9.97. The highest BCUT2D eigenvalue weighted by atomic mass is 16.8. The number of aliphatic hydroxyl groups excluding tert-OH is 1. The summed E-state index contributed by atoms with van der Waals surface area (Å²) in [5.74, 6) is -0.967. The number of fused-ring (bicyclic) bond motifs is 2. The first-order chi connectivity index (χ1) is 24.4. The number of carbonyl (C=O) groups excluding carboxylic acids is 1. The van der Waals surface area contributed by atoms with Crippen molar-refractivity contribution in [3.8, 4) is 0 Å². The average Bonchev–Trinajstić information content (AvgIpc) is 3.65. The van der Waals surface area contributed by atoms with Crippen LogP contribution in [0.15, 0.2) is 46.6 Å². The quantitative estimate of drug-likeness (QED) is 0.209. The van der Waals surface area contributed by atoms with Crippen LogP contribution in [0.3, 0.4) is 0 Å². The lowest BCUT2D eigenvalue weighted by molar-refractivity contribution is -0.470. The van der Waals surface area contributed by atoms with E-state index in [2.05, 4.69) is 52.3 Å². The summed E-state index contributed by atoms with van der Waals surface area (Å²) in [6, 6.07) is 0. The van der Waals surface area contributed by atoms with Crippen molar-refractivity contribution in [3.63, 3.8) is 0 Å². The number of aliphatic hydroxyl groups is 2. The van der Waals surface area contributed by atoms with Gasteiger partial charge in [0.05, 0.1) is 23.7 Å². The van der Waals surface area contributed by atoms with Gasteiger partial charge in [0.1, 0.15) is 17.7 Å². The molecule has 5 unspecified atom stereocenters. The van der Waals surface area contributed by atoms with Crippen molar-refractivity contribution < 1.29 is 38.9 Å². The maximum absolute atomic E-state index is 12.7. The van der Waals surface area contributed by atoms with E-state index in [0.29, 0.717) is 49.5 Å². The van der Waals surface area contributed by atoms with Gasteiger partial charge in [0, 0.05) is 49.5 Å². The van der Waals surface area contributed by atoms with Crippen LogP contribution in [0.2, 0.25) is 0 Å². The van der Waals surface area contributed by atoms with E-state index >= 15 is 0 Å². The van der Waals surface area contributed by atoms with Gasteiger partial charge >= 0.3 is 5.97 Å². The van der Waals surface area contributed by atoms with E-state index in [9.17, 15) is 15.0 Å². The first-order valence-corrected chi connectivity index (χ1v) is 20.4. The zero-order valence-electron chi connectivity index (χ0n) is 33.2. The van der Waals surface area contributed by atoms with Crippen LogP contribution < -0.4 is 4.99 Å². The predicted octanol–water partition coefficient (Wildman–Crippen LogP) is 6.54. The standard InChI is InChI=1S/C44H65NO7/c1-26-11-10-12-38-42(23-28(3)31(6)25-45-38)16-14-34(40(8)22-30(5)39(47)51-40)32(7)35(42)20-27(2)36(46)21-37-29(4)24-43(50-37)17-18-44(52-43)41(9,48)15-13-33(19-26)49-44/h20,22,28-29,31,33,35-37,46,48H,1,10-19,21,23-25H2,2-9H3/p+1/b27-20+/t28-,29?,31?,33-,35-,36-,37+,40?,41+,42+,43?,44?/m0/s1. The Morgan fingerprint density at radius 3 is 2.44 bits per heavy atom. The molecule has 3 spiro atoms. The monoisotopic (exact) mass is 720 g/mol. The van der Waals surface area contributed by atoms with E-state index in [0.717, 1.165) is 63.5 Å². The number of hydrogen-bond acceptors (Lipinski definition) is 7. The number of allylic oxidation sites excluding steroid dienone is 2. The van der Waals surface area contributed by atoms with Crippen LogP contribution >= 0.6 is 0 Å². The summed E-state index contributed by atoms with van der Waals surface area (Å²) in [6.07, 6.45) is 13.6. The molecule has 0 aromatic carbocycles. The summed E-state index contributed by atoms with van der Waals surface area (Å²) < 4.78 is 26.5. The second kappa shape index (κ2) is 13.6. The Bertz CT molecular complexity index is 1590. The van der Waals surface area contributed by atoms with Gasteiger partial charge in [0.25, 0.3) is 0 Å². The van der Waals surface area contributed by atoms with Crippen LogP contribution in [0, 0.1) is 29.1 Å². The van der Waals surface area contributed by atoms with Crippen LogP contribution in [0.4, 0.5) is 0 Å². The number of rotatable bonds is 1. The normalized spacial score (nSPS) is 48.6. The molecule has 7 aliphatic rings. The second-order valence-corrected chi connectivity index (χ2v) is 18.8. The molecule has 6 aliphatic heterocycles. The smallest absolute Gasteiger partial charge is 0.334 e. The molecular formula is C44H66NO7+. The number of hydrogen-bond donors (Lipinski definition) is 3. The highest BCUT2D eigenvalue weighted by Gasteiger charge is 2.65. The molecule has 0 saturated carbocycles. The minimum Gasteiger partial charge on any atom is -0.447 e. The Labute approximate surface area is 312 Å². The lowest BCUT2D eigenvalue weighted by Gasteiger charge is -2.49. The minimum atomic E-state index is -1.12. The summed E-state index contributed by atoms with van der Waals surface area (Å²) in [4.78, 5) is 16.8. The predicted molar refractivity (Wildman–Crippen MR) is 201 cm³/mol. The molecular weight excluding hydrogens is 654 g/mol. The molecule has 52 heavy (non-hydrogen) atoms. The number of ether oxygens (including phenoxy) is 4. The summed E-state index contributed by atoms with van der Waals surface area (Å²) >= 11 is 0. The molecule has 0 radical (unpaired) electrons. The molecule has 8 nitrogen and oxygen atoms in total. The average molecular weight is 721 g/mol. The molecule has 4 bridgehead atoms. The lowest BCUT2D eigenvalue weighted by Crippen LogP contribution is -2.77. The molecule has 0 aromatic rings. The topological polar surface area (TPSA) is 108 Å². The van der Waals surface area contributed by atoms with Gasteiger partial charge in [0.2, 0.25) is 5.79 Å². The molecule has 6 heterocycles. The molecule has 288 valence electrons. The largest absolute Gasteiger partial charge is 0.447 e. The minimum absolute atomic E-state index is 0.0254. The Balaban J connectivity index is 1.29. The molecule has 7 rings (SSSR count). The van der Waals surface area contributed by atoms with Gasteiger partial charge in [-0.2, -0.15) is 0 Å². The summed E-state index contributed by atoms with van der Waals surface area (Å²) in [7, 11) is 0. The van der Waals surface area contributed by atoms with Gasteiger partial charge < -0.3 is 29.2 Å². The fourth-order valence-electron chi connectivity index (χ4n) is 11.4. The molecule has 12 atom stereocenters. The fourth-order valence-corrected chi connectivity index (χ4v) is 11.4. The number of cyclic esters (lactones) is 1. The van der Waals surface area contributed by atoms with E-state index in [1.807, 2.05) is 26.8 Å². The van der Waals surface area contributed by atoms with Crippen LogP contribution in [0.1, 0.15) is 139 Å². The van der Waals surface area contributed by atoms with Crippen LogP contribution in [0.5, 0.6) is 0 Å². The zero-order chi connectivity index (χ0) is 37.4. The van der Waals surface area contributed by atoms with E-state index < -0.39 is 28.9 Å². The maximum Gasteiger partial charge on any atom is 0.334 e. The van der Waals surface area contributed by atoms with Gasteiger partial charge in [-0.05, 0) is 115 Å². The molecule has 0 amide bonds. The van der Waals surface area contributed by atoms with Gasteiger partial charge in [-0.1, -0.05) is 44.6 Å². The fraction of sp³-hybridized carbons (Fsp3) is 0.773. The van der Waals surface area contributed by atoms with Gasteiger partial charge in [0.15, 0.2) is 11.5 Å². The van der Waals surface area contributed by atoms with Crippen molar-refractivity contribution in [3.05, 3.63) is 46.6 Å². The second-order valence-electron chi connectivity index (χ2n) is 18.8. The van der Waals surface area contributed by atoms with Crippen molar-refractivity contribution >= 4 is 11.7 Å². The number of esters is 1. The van der Waals surface area contributed by atoms with Crippen LogP contribution in [-0.4, -0.2) is 69.5 Å². The van der Waals surface area contributed by atoms with E-state index in [4.69, 9.17) is 18.9 Å². The summed E-state index contributed by atoms with van der Waals surface area (Å²) in [6.45, 7) is 22.5. The number of carbonyl (C=O) groups is 1. The lowest BCUT2D eigenvalue weighted by atomic mass is 9.56. The Morgan fingerprint density at radius 2 is 1.71 bits per heavy atom. The van der Waals surface area contributed by atoms with E-state index in [1.54, 1.807) is 0 Å². The van der Waals surface area contributed by atoms with Gasteiger partial charge in [-0.15, -0.1) is 0 Å². The van der Waals surface area contributed by atoms with Crippen molar-refractivity contribution in [2.24, 2.45) is 29.1 Å². The molecule has 0 aromatic heterocycles. The third-order valence-electron chi connectivity index (χ3n) is 14.8.